The van der Waals surface area contributed by atoms with E-state index < -0.39 is 23.8 Å². The van der Waals surface area contributed by atoms with E-state index >= 15 is 4.39 Å². The van der Waals surface area contributed by atoms with Crippen LogP contribution in [0.5, 0.6) is 11.5 Å². The molecule has 6 saturated heterocycles. The summed E-state index contributed by atoms with van der Waals surface area (Å²) in [5.41, 5.74) is 9.83. The van der Waals surface area contributed by atoms with E-state index in [0.29, 0.717) is 111 Å². The van der Waals surface area contributed by atoms with Crippen LogP contribution in [0.25, 0.3) is 0 Å². The minimum Gasteiger partial charge on any atom is -0.484 e. The highest BCUT2D eigenvalue weighted by Gasteiger charge is 2.35. The third-order valence-electron chi connectivity index (χ3n) is 15.9. The van der Waals surface area contributed by atoms with Crippen LogP contribution in [0.1, 0.15) is 24.5 Å². The van der Waals surface area contributed by atoms with Gasteiger partial charge in [-0.1, -0.05) is 43.4 Å². The molecule has 2 atom stereocenters. The molecule has 23 heteroatoms. The third-order valence-corrected chi connectivity index (χ3v) is 16.3. The molecule has 3 N–H and O–H groups in total. The number of cyclic esters (lactones) is 2. The molecule has 0 radical (unpaired) electrons. The number of carbonyl (C=O) groups excluding carboxylic acids is 4. The van der Waals surface area contributed by atoms with Crippen LogP contribution in [0.2, 0.25) is 0 Å². The summed E-state index contributed by atoms with van der Waals surface area (Å²) < 4.78 is 52.3. The van der Waals surface area contributed by atoms with Gasteiger partial charge < -0.3 is 59.4 Å². The normalized spacial score (nSPS) is 20.3. The Morgan fingerprint density at radius 1 is 0.585 bits per heavy atom. The number of nitrogens with one attached hydrogen (secondary N) is 1. The summed E-state index contributed by atoms with van der Waals surface area (Å²) in [5.74, 6) is 0.326. The number of carbonyl (C=O) groups is 4. The maximum atomic E-state index is 15.2. The van der Waals surface area contributed by atoms with Crippen LogP contribution in [0, 0.1) is 11.6 Å². The lowest BCUT2D eigenvalue weighted by Gasteiger charge is -2.36. The second-order valence-corrected chi connectivity index (χ2v) is 22.2. The minimum atomic E-state index is -0.520. The number of likely N-dealkylation sites (N-methyl/N-ethyl adjacent to an activating group) is 2. The number of rotatable bonds is 18. The highest BCUT2D eigenvalue weighted by Crippen LogP contribution is 2.31. The van der Waals surface area contributed by atoms with Gasteiger partial charge in [-0.2, -0.15) is 0 Å². The van der Waals surface area contributed by atoms with Gasteiger partial charge in [-0.25, -0.2) is 18.4 Å². The number of nitrogens with two attached hydrogens (primary N) is 1. The van der Waals surface area contributed by atoms with Crippen molar-refractivity contribution in [2.45, 2.75) is 38.6 Å². The highest BCUT2D eigenvalue weighted by atomic mass is 32.1. The van der Waals surface area contributed by atoms with Gasteiger partial charge in [0, 0.05) is 124 Å². The first kappa shape index (κ1) is 59.7. The first-order chi connectivity index (χ1) is 39.7. The van der Waals surface area contributed by atoms with Crippen molar-refractivity contribution in [3.8, 4) is 11.5 Å². The van der Waals surface area contributed by atoms with Gasteiger partial charge in [-0.15, -0.1) is 0 Å². The molecule has 6 fully saturated rings. The summed E-state index contributed by atoms with van der Waals surface area (Å²) in [7, 11) is 4.30. The van der Waals surface area contributed by atoms with E-state index in [2.05, 4.69) is 63.3 Å². The number of nitrogens with zero attached hydrogens (tertiary/aromatic N) is 10. The highest BCUT2D eigenvalue weighted by molar-refractivity contribution is 7.80. The van der Waals surface area contributed by atoms with Crippen molar-refractivity contribution < 1.29 is 46.9 Å². The molecule has 4 aromatic carbocycles. The Labute approximate surface area is 485 Å². The molecule has 4 aromatic rings. The standard InChI is InChI=1S/C31H41FN6O4S.C28H37FN6O4/c1-3-29(43)33-19-26-21-38(31(40)42-26)24-6-9-28(27(32)18-24)36-14-16-37(17-15-36)30(39)22-41-25-7-4-23(5-8-25)20-35-12-10-34(2)11-13-35;1-31-8-10-32(11-9-31)18-21-2-5-23(6-3-21)38-20-27(36)34-14-12-33(13-15-34)26-7-4-22(16-25(26)29)35-19-24(17-30)39-28(35)37/h4-9,18,26H,3,10-17,19-22H2,1-2H3,(H,33,43);2-7,16,24H,8-15,17-20,30H2,1H3/t26-;24-/m00/s1. The summed E-state index contributed by atoms with van der Waals surface area (Å²) in [6.45, 7) is 17.5. The zero-order chi connectivity index (χ0) is 57.7. The molecular weight excluding hydrogens is 1070 g/mol. The molecule has 0 spiro atoms. The van der Waals surface area contributed by atoms with Crippen molar-refractivity contribution >= 4 is 64.0 Å². The number of hydrogen-bond acceptors (Lipinski definition) is 16. The van der Waals surface area contributed by atoms with E-state index in [0.717, 1.165) is 71.9 Å². The molecule has 0 aliphatic carbocycles. The number of piperazine rings is 4. The SMILES string of the molecule is CCC(=S)NC[C@H]1CN(c2ccc(N3CCN(C(=O)COc4ccc(CN5CCN(C)CC5)cc4)CC3)c(F)c2)C(=O)O1.CN1CCN(Cc2ccc(OCC(=O)N3CCN(c4ccc(N5C[C@H](CN)OC5=O)cc4F)CC3)cc2)CC1. The molecule has 4 amide bonds. The average Bonchev–Trinajstić information content (AvgIpc) is 4.24. The van der Waals surface area contributed by atoms with Gasteiger partial charge in [0.25, 0.3) is 11.8 Å². The molecule has 6 aliphatic heterocycles. The van der Waals surface area contributed by atoms with Gasteiger partial charge in [0.1, 0.15) is 35.3 Å². The molecule has 442 valence electrons. The average molecular weight is 1150 g/mol. The Morgan fingerprint density at radius 2 is 0.988 bits per heavy atom. The number of amides is 4. The molecule has 0 aromatic heterocycles. The van der Waals surface area contributed by atoms with Gasteiger partial charge in [0.15, 0.2) is 13.2 Å². The Kier molecular flexibility index (Phi) is 20.7. The monoisotopic (exact) mass is 1150 g/mol. The lowest BCUT2D eigenvalue weighted by Crippen LogP contribution is -2.50. The van der Waals surface area contributed by atoms with Gasteiger partial charge >= 0.3 is 12.2 Å². The second kappa shape index (κ2) is 28.4. The summed E-state index contributed by atoms with van der Waals surface area (Å²) in [4.78, 5) is 70.5. The number of thiocarbonyl (C=S) groups is 1. The Bertz CT molecular complexity index is 2810. The summed E-state index contributed by atoms with van der Waals surface area (Å²) in [6, 6.07) is 25.4. The van der Waals surface area contributed by atoms with E-state index in [4.69, 9.17) is 36.9 Å². The van der Waals surface area contributed by atoms with Gasteiger partial charge in [0.05, 0.1) is 47.4 Å². The fourth-order valence-corrected chi connectivity index (χ4v) is 10.7. The third kappa shape index (κ3) is 16.0. The topological polar surface area (TPSA) is 176 Å². The molecule has 0 unspecified atom stereocenters. The first-order valence-corrected chi connectivity index (χ1v) is 28.9. The summed E-state index contributed by atoms with van der Waals surface area (Å²) >= 11 is 5.17. The molecule has 0 saturated carbocycles. The van der Waals surface area contributed by atoms with Crippen LogP contribution in [-0.2, 0) is 32.2 Å². The van der Waals surface area contributed by atoms with Crippen LogP contribution < -0.4 is 40.1 Å². The number of benzene rings is 4. The predicted octanol–water partition coefficient (Wildman–Crippen LogP) is 4.54. The lowest BCUT2D eigenvalue weighted by molar-refractivity contribution is -0.134. The first-order valence-electron chi connectivity index (χ1n) is 28.5. The predicted molar refractivity (Wildman–Crippen MR) is 315 cm³/mol. The maximum absolute atomic E-state index is 15.2. The Hall–Kier alpha value is -6.89. The summed E-state index contributed by atoms with van der Waals surface area (Å²) in [6.07, 6.45) is -1.05. The minimum absolute atomic E-state index is 0.0312. The number of ether oxygens (including phenoxy) is 4. The molecule has 6 heterocycles. The largest absolute Gasteiger partial charge is 0.484 e. The van der Waals surface area contributed by atoms with E-state index in [-0.39, 0.29) is 43.8 Å². The second-order valence-electron chi connectivity index (χ2n) is 21.7. The quantitative estimate of drug-likeness (QED) is 0.133. The van der Waals surface area contributed by atoms with Crippen molar-refractivity contribution in [2.24, 2.45) is 5.73 Å². The van der Waals surface area contributed by atoms with E-state index in [1.165, 1.54) is 33.1 Å². The number of halogens is 2. The number of hydrogen-bond donors (Lipinski definition) is 2. The van der Waals surface area contributed by atoms with Crippen LogP contribution in [0.15, 0.2) is 84.9 Å². The van der Waals surface area contributed by atoms with Crippen LogP contribution in [0.4, 0.5) is 41.1 Å². The maximum Gasteiger partial charge on any atom is 0.414 e. The molecule has 82 heavy (non-hydrogen) atoms. The molecule has 6 aliphatic rings. The van der Waals surface area contributed by atoms with E-state index in [1.807, 2.05) is 41.0 Å². The van der Waals surface area contributed by atoms with Crippen LogP contribution in [-0.4, -0.2) is 229 Å². The van der Waals surface area contributed by atoms with Crippen molar-refractivity contribution in [3.05, 3.63) is 108 Å². The zero-order valence-electron chi connectivity index (χ0n) is 47.4. The van der Waals surface area contributed by atoms with Crippen molar-refractivity contribution in [3.63, 3.8) is 0 Å². The molecule has 10 rings (SSSR count). The van der Waals surface area contributed by atoms with E-state index in [9.17, 15) is 23.6 Å². The van der Waals surface area contributed by atoms with Crippen LogP contribution in [0.3, 0.4) is 0 Å². The van der Waals surface area contributed by atoms with Crippen molar-refractivity contribution in [1.29, 1.82) is 0 Å². The van der Waals surface area contributed by atoms with Crippen molar-refractivity contribution in [1.82, 2.24) is 34.7 Å². The summed E-state index contributed by atoms with van der Waals surface area (Å²) in [5, 5.41) is 3.08. The van der Waals surface area contributed by atoms with Gasteiger partial charge in [-0.3, -0.25) is 29.2 Å². The lowest BCUT2D eigenvalue weighted by atomic mass is 10.2. The van der Waals surface area contributed by atoms with Crippen LogP contribution >= 0.6 is 12.2 Å². The number of anilines is 4. The van der Waals surface area contributed by atoms with Gasteiger partial charge in [0.2, 0.25) is 0 Å². The van der Waals surface area contributed by atoms with Crippen molar-refractivity contribution in [2.75, 3.05) is 178 Å². The fraction of sp³-hybridized carbons (Fsp3) is 0.508. The van der Waals surface area contributed by atoms with E-state index in [1.54, 1.807) is 34.1 Å². The molecule has 20 nitrogen and oxygen atoms in total. The zero-order valence-corrected chi connectivity index (χ0v) is 48.2. The Morgan fingerprint density at radius 3 is 1.37 bits per heavy atom. The molecular formula is C59H78F2N12O8S. The Balaban J connectivity index is 0.000000198. The smallest absolute Gasteiger partial charge is 0.414 e. The van der Waals surface area contributed by atoms with Gasteiger partial charge in [-0.05, 0) is 92.3 Å². The molecule has 0 bridgehead atoms. The fourth-order valence-electron chi connectivity index (χ4n) is 10.7.